The maximum Gasteiger partial charge on any atom is 0.336 e. The molecule has 1 aromatic carbocycles. The largest absolute Gasteiger partial charge is 0.478 e. The lowest BCUT2D eigenvalue weighted by Gasteiger charge is -2.16. The number of benzene rings is 1. The average Bonchev–Trinajstić information content (AvgIpc) is 2.56. The van der Waals surface area contributed by atoms with Crippen molar-refractivity contribution in [3.05, 3.63) is 33.9 Å². The Balaban J connectivity index is 2.79. The first-order chi connectivity index (χ1) is 11.9. The molecule has 0 amide bonds. The maximum atomic E-state index is 11.7. The Labute approximate surface area is 151 Å². The summed E-state index contributed by atoms with van der Waals surface area (Å²) in [5.41, 5.74) is 2.34. The van der Waals surface area contributed by atoms with E-state index < -0.39 is 11.9 Å². The van der Waals surface area contributed by atoms with E-state index in [4.69, 9.17) is 0 Å². The van der Waals surface area contributed by atoms with E-state index in [1.807, 2.05) is 6.92 Å². The minimum absolute atomic E-state index is 0.105. The van der Waals surface area contributed by atoms with Crippen molar-refractivity contribution in [2.75, 3.05) is 0 Å². The van der Waals surface area contributed by atoms with E-state index in [1.54, 1.807) is 13.0 Å². The van der Waals surface area contributed by atoms with Crippen molar-refractivity contribution in [3.8, 4) is 0 Å². The molecule has 0 aliphatic rings. The molecular formula is C21H32O4. The Bertz CT molecular complexity index is 590. The highest BCUT2D eigenvalue weighted by Gasteiger charge is 2.22. The Hall–Kier alpha value is -1.84. The molecule has 1 rings (SSSR count). The summed E-state index contributed by atoms with van der Waals surface area (Å²) < 4.78 is 0. The molecule has 140 valence electrons. The highest BCUT2D eigenvalue weighted by Crippen LogP contribution is 2.26. The zero-order valence-corrected chi connectivity index (χ0v) is 15.9. The molecule has 0 bridgehead atoms. The fourth-order valence-corrected chi connectivity index (χ4v) is 3.44. The molecule has 0 fully saturated rings. The standard InChI is InChI=1S/C21H32O4/c1-4-6-7-8-9-10-11-12-13-17-16(5-2)14-18(20(22)23)15(3)19(17)21(24)25/h14H,4-13H2,1-3H3,(H,22,23)(H,24,25). The molecule has 2 N–H and O–H groups in total. The lowest BCUT2D eigenvalue weighted by Crippen LogP contribution is -2.13. The molecule has 1 aromatic rings. The number of hydrogen-bond acceptors (Lipinski definition) is 2. The SMILES string of the molecule is CCCCCCCCCCc1c(CC)cc(C(=O)O)c(C)c1C(=O)O. The maximum absolute atomic E-state index is 11.7. The summed E-state index contributed by atoms with van der Waals surface area (Å²) >= 11 is 0. The van der Waals surface area contributed by atoms with Crippen molar-refractivity contribution in [2.45, 2.75) is 85.0 Å². The first-order valence-corrected chi connectivity index (χ1v) is 9.55. The molecule has 4 nitrogen and oxygen atoms in total. The molecule has 0 atom stereocenters. The van der Waals surface area contributed by atoms with Crippen molar-refractivity contribution in [1.29, 1.82) is 0 Å². The van der Waals surface area contributed by atoms with Gasteiger partial charge in [-0.1, -0.05) is 58.8 Å². The normalized spacial score (nSPS) is 10.8. The van der Waals surface area contributed by atoms with Crippen LogP contribution < -0.4 is 0 Å². The third-order valence-corrected chi connectivity index (χ3v) is 4.89. The van der Waals surface area contributed by atoms with Crippen LogP contribution in [0.1, 0.15) is 103 Å². The number of carbonyl (C=O) groups is 2. The van der Waals surface area contributed by atoms with Gasteiger partial charge in [0, 0.05) is 0 Å². The number of rotatable bonds is 12. The first kappa shape index (κ1) is 21.2. The summed E-state index contributed by atoms with van der Waals surface area (Å²) in [6.07, 6.45) is 11.0. The Morgan fingerprint density at radius 3 is 1.92 bits per heavy atom. The van der Waals surface area contributed by atoms with Gasteiger partial charge < -0.3 is 10.2 Å². The highest BCUT2D eigenvalue weighted by molar-refractivity contribution is 5.98. The predicted octanol–water partition coefficient (Wildman–Crippen LogP) is 5.64. The number of carboxylic acid groups (broad SMARTS) is 2. The van der Waals surface area contributed by atoms with E-state index in [0.717, 1.165) is 24.0 Å². The van der Waals surface area contributed by atoms with E-state index in [0.29, 0.717) is 18.4 Å². The third kappa shape index (κ3) is 6.18. The van der Waals surface area contributed by atoms with Gasteiger partial charge in [-0.25, -0.2) is 9.59 Å². The molecule has 0 saturated carbocycles. The molecule has 0 aliphatic carbocycles. The van der Waals surface area contributed by atoms with Crippen LogP contribution in [-0.2, 0) is 12.8 Å². The van der Waals surface area contributed by atoms with Gasteiger partial charge in [0.15, 0.2) is 0 Å². The number of unbranched alkanes of at least 4 members (excludes halogenated alkanes) is 7. The monoisotopic (exact) mass is 348 g/mol. The molecule has 25 heavy (non-hydrogen) atoms. The lowest BCUT2D eigenvalue weighted by molar-refractivity contribution is 0.0694. The average molecular weight is 348 g/mol. The van der Waals surface area contributed by atoms with Crippen LogP contribution in [0.15, 0.2) is 6.07 Å². The summed E-state index contributed by atoms with van der Waals surface area (Å²) in [5, 5.41) is 18.9. The van der Waals surface area contributed by atoms with Gasteiger partial charge in [-0.05, 0) is 48.9 Å². The van der Waals surface area contributed by atoms with Gasteiger partial charge >= 0.3 is 11.9 Å². The topological polar surface area (TPSA) is 74.6 Å². The van der Waals surface area contributed by atoms with Crippen LogP contribution in [0.3, 0.4) is 0 Å². The zero-order chi connectivity index (χ0) is 18.8. The van der Waals surface area contributed by atoms with E-state index in [1.165, 1.54) is 38.5 Å². The lowest BCUT2D eigenvalue weighted by atomic mass is 9.88. The molecule has 0 heterocycles. The van der Waals surface area contributed by atoms with Crippen LogP contribution >= 0.6 is 0 Å². The number of aromatic carboxylic acids is 2. The third-order valence-electron chi connectivity index (χ3n) is 4.89. The minimum atomic E-state index is -1.06. The summed E-state index contributed by atoms with van der Waals surface area (Å²) in [5.74, 6) is -2.09. The van der Waals surface area contributed by atoms with Crippen molar-refractivity contribution in [3.63, 3.8) is 0 Å². The molecule has 0 aliphatic heterocycles. The number of aryl methyl sites for hydroxylation is 1. The second-order valence-electron chi connectivity index (χ2n) is 6.75. The van der Waals surface area contributed by atoms with E-state index in [-0.39, 0.29) is 11.1 Å². The Morgan fingerprint density at radius 2 is 1.44 bits per heavy atom. The van der Waals surface area contributed by atoms with Crippen molar-refractivity contribution < 1.29 is 19.8 Å². The van der Waals surface area contributed by atoms with Crippen molar-refractivity contribution in [2.24, 2.45) is 0 Å². The van der Waals surface area contributed by atoms with E-state index >= 15 is 0 Å². The Morgan fingerprint density at radius 1 is 0.880 bits per heavy atom. The fourth-order valence-electron chi connectivity index (χ4n) is 3.44. The number of carboxylic acids is 2. The van der Waals surface area contributed by atoms with Gasteiger partial charge in [0.2, 0.25) is 0 Å². The molecule has 0 aromatic heterocycles. The number of hydrogen-bond donors (Lipinski definition) is 2. The van der Waals surface area contributed by atoms with Gasteiger partial charge in [0.1, 0.15) is 0 Å². The predicted molar refractivity (Wildman–Crippen MR) is 101 cm³/mol. The minimum Gasteiger partial charge on any atom is -0.478 e. The zero-order valence-electron chi connectivity index (χ0n) is 15.9. The second kappa shape index (κ2) is 10.9. The second-order valence-corrected chi connectivity index (χ2v) is 6.75. The molecule has 0 unspecified atom stereocenters. The van der Waals surface area contributed by atoms with Crippen LogP contribution in [0.25, 0.3) is 0 Å². The van der Waals surface area contributed by atoms with Crippen LogP contribution in [0.5, 0.6) is 0 Å². The van der Waals surface area contributed by atoms with Crippen LogP contribution in [0, 0.1) is 6.92 Å². The van der Waals surface area contributed by atoms with Gasteiger partial charge in [0.05, 0.1) is 11.1 Å². The summed E-state index contributed by atoms with van der Waals surface area (Å²) in [7, 11) is 0. The quantitative estimate of drug-likeness (QED) is 0.480. The van der Waals surface area contributed by atoms with Crippen molar-refractivity contribution in [1.82, 2.24) is 0 Å². The highest BCUT2D eigenvalue weighted by atomic mass is 16.4. The Kier molecular flexibility index (Phi) is 9.25. The van der Waals surface area contributed by atoms with Gasteiger partial charge in [0.25, 0.3) is 0 Å². The summed E-state index contributed by atoms with van der Waals surface area (Å²) in [6.45, 7) is 5.76. The fraction of sp³-hybridized carbons (Fsp3) is 0.619. The smallest absolute Gasteiger partial charge is 0.336 e. The molecule has 0 saturated heterocycles. The van der Waals surface area contributed by atoms with Gasteiger partial charge in [-0.15, -0.1) is 0 Å². The van der Waals surface area contributed by atoms with Crippen LogP contribution in [-0.4, -0.2) is 22.2 Å². The summed E-state index contributed by atoms with van der Waals surface area (Å²) in [4.78, 5) is 23.1. The molecule has 0 spiro atoms. The first-order valence-electron chi connectivity index (χ1n) is 9.55. The van der Waals surface area contributed by atoms with Crippen molar-refractivity contribution >= 4 is 11.9 Å². The molecular weight excluding hydrogens is 316 g/mol. The molecule has 4 heteroatoms. The molecule has 0 radical (unpaired) electrons. The summed E-state index contributed by atoms with van der Waals surface area (Å²) in [6, 6.07) is 1.66. The van der Waals surface area contributed by atoms with Gasteiger partial charge in [-0.3, -0.25) is 0 Å². The van der Waals surface area contributed by atoms with E-state index in [2.05, 4.69) is 6.92 Å². The van der Waals surface area contributed by atoms with Gasteiger partial charge in [-0.2, -0.15) is 0 Å². The van der Waals surface area contributed by atoms with Crippen LogP contribution in [0.4, 0.5) is 0 Å². The van der Waals surface area contributed by atoms with Crippen LogP contribution in [0.2, 0.25) is 0 Å². The van der Waals surface area contributed by atoms with E-state index in [9.17, 15) is 19.8 Å².